The Morgan fingerprint density at radius 3 is 2.45 bits per heavy atom. The van der Waals surface area contributed by atoms with E-state index in [0.717, 1.165) is 43.8 Å². The molecular weight excluding hydrogens is 426 g/mol. The summed E-state index contributed by atoms with van der Waals surface area (Å²) >= 11 is 0. The van der Waals surface area contributed by atoms with Crippen LogP contribution < -0.4 is 10.2 Å². The van der Waals surface area contributed by atoms with Gasteiger partial charge in [0.2, 0.25) is 5.43 Å². The predicted molar refractivity (Wildman–Crippen MR) is 122 cm³/mol. The van der Waals surface area contributed by atoms with Crippen molar-refractivity contribution in [1.82, 2.24) is 14.4 Å². The van der Waals surface area contributed by atoms with E-state index < -0.39 is 5.97 Å². The summed E-state index contributed by atoms with van der Waals surface area (Å²) in [5.74, 6) is 0.117. The van der Waals surface area contributed by atoms with E-state index in [1.165, 1.54) is 0 Å². The standard InChI is InChI=1S/C24H31N3O6/c1-2-32-24(29)20-15-27-18(14-26-5-9-31-10-6-26)16-33-21-12-17(11-19(22(21)27)23(20)28)13-25-3-7-30-8-4-25/h11-12,15,18H,2-10,13-14,16H2,1H3. The number of benzene rings is 1. The van der Waals surface area contributed by atoms with E-state index in [-0.39, 0.29) is 23.6 Å². The molecule has 2 saturated heterocycles. The summed E-state index contributed by atoms with van der Waals surface area (Å²) in [6.45, 7) is 10.2. The minimum atomic E-state index is -0.579. The van der Waals surface area contributed by atoms with Gasteiger partial charge in [0, 0.05) is 45.5 Å². The highest BCUT2D eigenvalue weighted by atomic mass is 16.5. The van der Waals surface area contributed by atoms with Gasteiger partial charge < -0.3 is 23.5 Å². The van der Waals surface area contributed by atoms with Crippen LogP contribution in [0.5, 0.6) is 5.75 Å². The number of rotatable bonds is 6. The van der Waals surface area contributed by atoms with Crippen molar-refractivity contribution in [3.05, 3.63) is 39.7 Å². The average molecular weight is 458 g/mol. The van der Waals surface area contributed by atoms with E-state index in [1.807, 2.05) is 12.1 Å². The van der Waals surface area contributed by atoms with Crippen LogP contribution in [0.1, 0.15) is 28.9 Å². The Labute approximate surface area is 192 Å². The van der Waals surface area contributed by atoms with Crippen LogP contribution in [0.4, 0.5) is 0 Å². The summed E-state index contributed by atoms with van der Waals surface area (Å²) in [5.41, 5.74) is 1.52. The molecule has 3 aliphatic rings. The highest BCUT2D eigenvalue weighted by molar-refractivity contribution is 5.95. The van der Waals surface area contributed by atoms with Gasteiger partial charge in [0.25, 0.3) is 0 Å². The molecule has 33 heavy (non-hydrogen) atoms. The number of ether oxygens (including phenoxy) is 4. The lowest BCUT2D eigenvalue weighted by Gasteiger charge is -2.35. The lowest BCUT2D eigenvalue weighted by molar-refractivity contribution is 0.0272. The number of esters is 1. The van der Waals surface area contributed by atoms with Crippen molar-refractivity contribution in [3.63, 3.8) is 0 Å². The van der Waals surface area contributed by atoms with E-state index in [2.05, 4.69) is 14.4 Å². The van der Waals surface area contributed by atoms with Crippen molar-refractivity contribution in [2.24, 2.45) is 0 Å². The molecule has 1 aromatic heterocycles. The van der Waals surface area contributed by atoms with Crippen LogP contribution in [0.25, 0.3) is 10.9 Å². The molecule has 2 fully saturated rings. The number of hydrogen-bond acceptors (Lipinski definition) is 8. The van der Waals surface area contributed by atoms with Crippen molar-refractivity contribution in [2.75, 3.05) is 72.4 Å². The molecule has 1 aromatic carbocycles. The van der Waals surface area contributed by atoms with Crippen LogP contribution in [-0.2, 0) is 20.8 Å². The van der Waals surface area contributed by atoms with Crippen LogP contribution in [0.3, 0.4) is 0 Å². The highest BCUT2D eigenvalue weighted by Gasteiger charge is 2.29. The Bertz CT molecular complexity index is 1070. The topological polar surface area (TPSA) is 82.5 Å². The number of carbonyl (C=O) groups is 1. The number of aromatic nitrogens is 1. The van der Waals surface area contributed by atoms with E-state index in [0.29, 0.717) is 50.7 Å². The van der Waals surface area contributed by atoms with Crippen molar-refractivity contribution in [2.45, 2.75) is 19.5 Å². The van der Waals surface area contributed by atoms with Gasteiger partial charge in [-0.1, -0.05) is 0 Å². The van der Waals surface area contributed by atoms with Gasteiger partial charge in [0.15, 0.2) is 0 Å². The molecule has 0 N–H and O–H groups in total. The van der Waals surface area contributed by atoms with E-state index in [1.54, 1.807) is 13.1 Å². The first kappa shape index (κ1) is 22.3. The zero-order chi connectivity index (χ0) is 22.8. The molecular formula is C24H31N3O6. The number of carbonyl (C=O) groups excluding carboxylic acids is 1. The third-order valence-corrected chi connectivity index (χ3v) is 6.55. The number of morpholine rings is 2. The molecule has 178 valence electrons. The van der Waals surface area contributed by atoms with E-state index >= 15 is 0 Å². The molecule has 9 heteroatoms. The Morgan fingerprint density at radius 1 is 1.06 bits per heavy atom. The molecule has 0 radical (unpaired) electrons. The first-order chi connectivity index (χ1) is 16.1. The molecule has 5 rings (SSSR count). The molecule has 0 amide bonds. The van der Waals surface area contributed by atoms with Gasteiger partial charge in [0.1, 0.15) is 17.9 Å². The average Bonchev–Trinajstić information content (AvgIpc) is 2.83. The van der Waals surface area contributed by atoms with Gasteiger partial charge in [-0.2, -0.15) is 0 Å². The monoisotopic (exact) mass is 457 g/mol. The summed E-state index contributed by atoms with van der Waals surface area (Å²) in [4.78, 5) is 30.7. The summed E-state index contributed by atoms with van der Waals surface area (Å²) in [7, 11) is 0. The van der Waals surface area contributed by atoms with Crippen LogP contribution in [0.15, 0.2) is 23.1 Å². The van der Waals surface area contributed by atoms with Gasteiger partial charge in [-0.15, -0.1) is 0 Å². The zero-order valence-corrected chi connectivity index (χ0v) is 19.1. The lowest BCUT2D eigenvalue weighted by Crippen LogP contribution is -2.42. The molecule has 0 bridgehead atoms. The fraction of sp³-hybridized carbons (Fsp3) is 0.583. The normalized spacial score (nSPS) is 21.7. The minimum Gasteiger partial charge on any atom is -0.489 e. The molecule has 2 aromatic rings. The van der Waals surface area contributed by atoms with Crippen LogP contribution >= 0.6 is 0 Å². The molecule has 4 heterocycles. The zero-order valence-electron chi connectivity index (χ0n) is 19.1. The Balaban J connectivity index is 1.57. The molecule has 1 unspecified atom stereocenters. The van der Waals surface area contributed by atoms with Gasteiger partial charge in [0.05, 0.1) is 50.0 Å². The predicted octanol–water partition coefficient (Wildman–Crippen LogP) is 1.28. The van der Waals surface area contributed by atoms with Crippen molar-refractivity contribution >= 4 is 16.9 Å². The molecule has 3 aliphatic heterocycles. The third-order valence-electron chi connectivity index (χ3n) is 6.55. The number of nitrogens with zero attached hydrogens (tertiary/aromatic N) is 3. The molecule has 9 nitrogen and oxygen atoms in total. The second kappa shape index (κ2) is 9.80. The van der Waals surface area contributed by atoms with Crippen molar-refractivity contribution in [3.8, 4) is 5.75 Å². The van der Waals surface area contributed by atoms with Gasteiger partial charge >= 0.3 is 5.97 Å². The lowest BCUT2D eigenvalue weighted by atomic mass is 10.0. The first-order valence-corrected chi connectivity index (χ1v) is 11.8. The quantitative estimate of drug-likeness (QED) is 0.600. The largest absolute Gasteiger partial charge is 0.489 e. The SMILES string of the molecule is CCOC(=O)c1cn2c3c(cc(CN4CCOCC4)cc3c1=O)OCC2CN1CCOCC1. The minimum absolute atomic E-state index is 0.0167. The van der Waals surface area contributed by atoms with Crippen LogP contribution in [0.2, 0.25) is 0 Å². The number of pyridine rings is 1. The summed E-state index contributed by atoms with van der Waals surface area (Å²) in [6.07, 6.45) is 1.67. The molecule has 0 spiro atoms. The molecule has 1 atom stereocenters. The fourth-order valence-electron chi connectivity index (χ4n) is 4.86. The maximum Gasteiger partial charge on any atom is 0.343 e. The Morgan fingerprint density at radius 2 is 1.76 bits per heavy atom. The summed E-state index contributed by atoms with van der Waals surface area (Å²) < 4.78 is 24.4. The fourth-order valence-corrected chi connectivity index (χ4v) is 4.86. The second-order valence-corrected chi connectivity index (χ2v) is 8.76. The van der Waals surface area contributed by atoms with E-state index in [9.17, 15) is 9.59 Å². The number of hydrogen-bond donors (Lipinski definition) is 0. The maximum atomic E-state index is 13.4. The highest BCUT2D eigenvalue weighted by Crippen LogP contribution is 2.34. The van der Waals surface area contributed by atoms with Crippen LogP contribution in [0, 0.1) is 0 Å². The van der Waals surface area contributed by atoms with Crippen LogP contribution in [-0.4, -0.2) is 92.7 Å². The third kappa shape index (κ3) is 4.63. The summed E-state index contributed by atoms with van der Waals surface area (Å²) in [6, 6.07) is 3.93. The van der Waals surface area contributed by atoms with E-state index in [4.69, 9.17) is 18.9 Å². The molecule has 0 saturated carbocycles. The first-order valence-electron chi connectivity index (χ1n) is 11.8. The van der Waals surface area contributed by atoms with Gasteiger partial charge in [-0.3, -0.25) is 14.6 Å². The van der Waals surface area contributed by atoms with Gasteiger partial charge in [-0.25, -0.2) is 4.79 Å². The van der Waals surface area contributed by atoms with Crippen molar-refractivity contribution < 1.29 is 23.7 Å². The summed E-state index contributed by atoms with van der Waals surface area (Å²) in [5, 5.41) is 0.507. The van der Waals surface area contributed by atoms with Gasteiger partial charge in [-0.05, 0) is 24.6 Å². The molecule has 0 aliphatic carbocycles. The van der Waals surface area contributed by atoms with Crippen molar-refractivity contribution in [1.29, 1.82) is 0 Å². The maximum absolute atomic E-state index is 13.4. The smallest absolute Gasteiger partial charge is 0.343 e. The second-order valence-electron chi connectivity index (χ2n) is 8.76. The Hall–Kier alpha value is -2.46. The Kier molecular flexibility index (Phi) is 6.64.